The lowest BCUT2D eigenvalue weighted by atomic mass is 9.90. The van der Waals surface area contributed by atoms with Gasteiger partial charge in [-0.1, -0.05) is 17.7 Å². The van der Waals surface area contributed by atoms with Crippen molar-refractivity contribution in [3.05, 3.63) is 34.5 Å². The fourth-order valence-electron chi connectivity index (χ4n) is 3.85. The highest BCUT2D eigenvalue weighted by Gasteiger charge is 2.33. The Balaban J connectivity index is 1.77. The van der Waals surface area contributed by atoms with Crippen LogP contribution in [-0.2, 0) is 21.4 Å². The molecule has 8 nitrogen and oxygen atoms in total. The van der Waals surface area contributed by atoms with Crippen LogP contribution in [0, 0.1) is 12.8 Å². The molecule has 1 aliphatic heterocycles. The first-order valence-electron chi connectivity index (χ1n) is 10.0. The second-order valence-corrected chi connectivity index (χ2v) is 9.05. The number of carbonyl (C=O) groups excluding carboxylic acids is 3. The van der Waals surface area contributed by atoms with Crippen LogP contribution in [0.5, 0.6) is 0 Å². The number of halogens is 1. The number of piperidine rings is 1. The second kappa shape index (κ2) is 9.93. The van der Waals surface area contributed by atoms with Gasteiger partial charge in [-0.2, -0.15) is 0 Å². The van der Waals surface area contributed by atoms with Crippen molar-refractivity contribution in [3.8, 4) is 0 Å². The summed E-state index contributed by atoms with van der Waals surface area (Å²) >= 11 is 7.66. The fourth-order valence-corrected chi connectivity index (χ4v) is 4.78. The van der Waals surface area contributed by atoms with Gasteiger partial charge in [0.05, 0.1) is 18.6 Å². The third-order valence-corrected chi connectivity index (χ3v) is 7.04. The minimum Gasteiger partial charge on any atom is -0.469 e. The van der Waals surface area contributed by atoms with Gasteiger partial charge in [0.15, 0.2) is 0 Å². The number of rotatable bonds is 6. The Hall–Kier alpha value is -2.23. The minimum atomic E-state index is -0.331. The van der Waals surface area contributed by atoms with Crippen LogP contribution in [0.2, 0.25) is 5.02 Å². The normalized spacial score (nSPS) is 19.3. The summed E-state index contributed by atoms with van der Waals surface area (Å²) in [5.74, 6) is -0.834. The lowest BCUT2D eigenvalue weighted by molar-refractivity contribution is -0.142. The van der Waals surface area contributed by atoms with Gasteiger partial charge in [-0.3, -0.25) is 19.1 Å². The largest absolute Gasteiger partial charge is 0.469 e. The van der Waals surface area contributed by atoms with E-state index in [9.17, 15) is 14.4 Å². The van der Waals surface area contributed by atoms with Crippen molar-refractivity contribution in [2.45, 2.75) is 32.7 Å². The maximum Gasteiger partial charge on any atom is 0.305 e. The number of esters is 1. The van der Waals surface area contributed by atoms with Crippen LogP contribution in [0.4, 0.5) is 0 Å². The molecule has 0 saturated carbocycles. The number of carbonyl (C=O) groups is 3. The molecule has 31 heavy (non-hydrogen) atoms. The van der Waals surface area contributed by atoms with Crippen LogP contribution < -0.4 is 10.0 Å². The molecule has 1 aromatic carbocycles. The number of amides is 2. The second-order valence-electron chi connectivity index (χ2n) is 7.76. The molecule has 1 aliphatic rings. The van der Waals surface area contributed by atoms with Crippen molar-refractivity contribution < 1.29 is 19.1 Å². The van der Waals surface area contributed by atoms with E-state index in [0.29, 0.717) is 30.2 Å². The number of hydrogen-bond acceptors (Lipinski definition) is 6. The fraction of sp³-hybridized carbons (Fsp3) is 0.476. The molecule has 1 aromatic heterocycles. The number of ether oxygens (including phenoxy) is 1. The minimum absolute atomic E-state index is 0.144. The van der Waals surface area contributed by atoms with Crippen molar-refractivity contribution in [1.29, 1.82) is 0 Å². The molecule has 10 heteroatoms. The Morgan fingerprint density at radius 3 is 2.74 bits per heavy atom. The van der Waals surface area contributed by atoms with Crippen molar-refractivity contribution >= 4 is 52.4 Å². The van der Waals surface area contributed by atoms with Crippen LogP contribution in [0.15, 0.2) is 18.2 Å². The zero-order valence-corrected chi connectivity index (χ0v) is 19.6. The molecule has 3 rings (SSSR count). The summed E-state index contributed by atoms with van der Waals surface area (Å²) in [5.41, 5.74) is 2.34. The molecule has 0 spiro atoms. The van der Waals surface area contributed by atoms with Crippen molar-refractivity contribution in [2.24, 2.45) is 13.0 Å². The zero-order chi connectivity index (χ0) is 22.7. The monoisotopic (exact) mass is 466 g/mol. The van der Waals surface area contributed by atoms with Gasteiger partial charge in [0.1, 0.15) is 5.69 Å². The topological polar surface area (TPSA) is 92.7 Å². The summed E-state index contributed by atoms with van der Waals surface area (Å²) in [6.07, 6.45) is 0.822. The number of fused-ring (bicyclic) bond motifs is 1. The number of aryl methyl sites for hydroxylation is 2. The van der Waals surface area contributed by atoms with Gasteiger partial charge >= 0.3 is 5.97 Å². The van der Waals surface area contributed by atoms with Crippen molar-refractivity contribution in [3.63, 3.8) is 0 Å². The predicted molar refractivity (Wildman–Crippen MR) is 122 cm³/mol. The Labute approximate surface area is 190 Å². The summed E-state index contributed by atoms with van der Waals surface area (Å²) < 4.78 is 11.4. The number of nitrogens with zero attached hydrogens (tertiary/aromatic N) is 2. The first kappa shape index (κ1) is 23.4. The Bertz CT molecular complexity index is 1010. The van der Waals surface area contributed by atoms with Gasteiger partial charge in [0.2, 0.25) is 5.91 Å². The van der Waals surface area contributed by atoms with Crippen LogP contribution in [0.1, 0.15) is 35.8 Å². The molecular formula is C21H27ClN4O4S. The Kier molecular flexibility index (Phi) is 7.51. The van der Waals surface area contributed by atoms with Gasteiger partial charge in [0, 0.05) is 62.1 Å². The summed E-state index contributed by atoms with van der Waals surface area (Å²) in [6, 6.07) is 5.49. The molecule has 2 amide bonds. The zero-order valence-electron chi connectivity index (χ0n) is 18.0. The first-order valence-corrected chi connectivity index (χ1v) is 11.2. The number of aromatic nitrogens is 1. The number of hydrogen-bond donors (Lipinski definition) is 2. The van der Waals surface area contributed by atoms with Gasteiger partial charge in [-0.25, -0.2) is 4.31 Å². The van der Waals surface area contributed by atoms with E-state index in [0.717, 1.165) is 16.5 Å². The summed E-state index contributed by atoms with van der Waals surface area (Å²) in [7, 11) is 3.19. The lowest BCUT2D eigenvalue weighted by Gasteiger charge is -2.37. The molecule has 2 N–H and O–H groups in total. The quantitative estimate of drug-likeness (QED) is 0.502. The maximum atomic E-state index is 13.1. The van der Waals surface area contributed by atoms with Crippen LogP contribution >= 0.6 is 23.7 Å². The Morgan fingerprint density at radius 2 is 2.06 bits per heavy atom. The van der Waals surface area contributed by atoms with Gasteiger partial charge in [-0.15, -0.1) is 0 Å². The number of nitrogens with one attached hydrogen (secondary N) is 2. The summed E-state index contributed by atoms with van der Waals surface area (Å²) in [6.45, 7) is 4.57. The third kappa shape index (κ3) is 5.34. The Morgan fingerprint density at radius 1 is 1.32 bits per heavy atom. The standard InChI is InChI=1S/C21H27ClN4O4S/c1-12-5-6-17-15(20(12)22)10-18(25(17)3)21(29)23-16-7-8-26(31-24-13(2)27)11-14(16)9-19(28)30-4/h5-6,10,14,16H,7-9,11H2,1-4H3,(H,23,29)(H,24,27). The predicted octanol–water partition coefficient (Wildman–Crippen LogP) is 2.82. The maximum absolute atomic E-state index is 13.1. The molecular weight excluding hydrogens is 440 g/mol. The van der Waals surface area contributed by atoms with E-state index >= 15 is 0 Å². The van der Waals surface area contributed by atoms with Crippen LogP contribution in [0.25, 0.3) is 10.9 Å². The highest BCUT2D eigenvalue weighted by molar-refractivity contribution is 7.95. The third-order valence-electron chi connectivity index (χ3n) is 5.57. The lowest BCUT2D eigenvalue weighted by Crippen LogP contribution is -2.50. The van der Waals surface area contributed by atoms with Crippen molar-refractivity contribution in [1.82, 2.24) is 18.9 Å². The molecule has 1 fully saturated rings. The molecule has 2 aromatic rings. The van der Waals surface area contributed by atoms with Crippen LogP contribution in [0.3, 0.4) is 0 Å². The molecule has 2 atom stereocenters. The average molecular weight is 467 g/mol. The van der Waals surface area contributed by atoms with Crippen LogP contribution in [-0.4, -0.2) is 52.9 Å². The van der Waals surface area contributed by atoms with E-state index in [1.165, 1.54) is 26.2 Å². The molecule has 0 radical (unpaired) electrons. The first-order chi connectivity index (χ1) is 14.7. The van der Waals surface area contributed by atoms with E-state index in [-0.39, 0.29) is 36.2 Å². The molecule has 2 heterocycles. The summed E-state index contributed by atoms with van der Waals surface area (Å²) in [4.78, 5) is 36.3. The molecule has 2 unspecified atom stereocenters. The highest BCUT2D eigenvalue weighted by atomic mass is 35.5. The number of benzene rings is 1. The van der Waals surface area contributed by atoms with E-state index in [2.05, 4.69) is 10.0 Å². The number of methoxy groups -OCH3 is 1. The smallest absolute Gasteiger partial charge is 0.305 e. The van der Waals surface area contributed by atoms with Crippen molar-refractivity contribution in [2.75, 3.05) is 20.2 Å². The molecule has 0 bridgehead atoms. The molecule has 0 aliphatic carbocycles. The van der Waals surface area contributed by atoms with Gasteiger partial charge in [-0.05, 0) is 31.0 Å². The van der Waals surface area contributed by atoms with E-state index in [1.807, 2.05) is 35.0 Å². The average Bonchev–Trinajstić information content (AvgIpc) is 3.07. The van der Waals surface area contributed by atoms with E-state index in [1.54, 1.807) is 6.07 Å². The van der Waals surface area contributed by atoms with E-state index in [4.69, 9.17) is 16.3 Å². The highest BCUT2D eigenvalue weighted by Crippen LogP contribution is 2.30. The van der Waals surface area contributed by atoms with Gasteiger partial charge < -0.3 is 14.6 Å². The summed E-state index contributed by atoms with van der Waals surface area (Å²) in [5, 5.41) is 4.58. The van der Waals surface area contributed by atoms with Gasteiger partial charge in [0.25, 0.3) is 5.91 Å². The molecule has 1 saturated heterocycles. The SMILES string of the molecule is COC(=O)CC1CN(SNC(C)=O)CCC1NC(=O)c1cc2c(Cl)c(C)ccc2n1C. The van der Waals surface area contributed by atoms with E-state index < -0.39 is 0 Å². The molecule has 168 valence electrons.